The summed E-state index contributed by atoms with van der Waals surface area (Å²) in [7, 11) is 0. The fourth-order valence-electron chi connectivity index (χ4n) is 1.56. The minimum atomic E-state index is -0.959. The number of rotatable bonds is 4. The number of carboxylic acid groups (broad SMARTS) is 1. The van der Waals surface area contributed by atoms with E-state index in [0.29, 0.717) is 16.7 Å². The van der Waals surface area contributed by atoms with Crippen molar-refractivity contribution in [1.82, 2.24) is 4.98 Å². The maximum atomic E-state index is 11.2. The van der Waals surface area contributed by atoms with Gasteiger partial charge in [0.1, 0.15) is 0 Å². The molecule has 6 heteroatoms. The minimum absolute atomic E-state index is 0.240. The summed E-state index contributed by atoms with van der Waals surface area (Å²) in [5, 5.41) is 15.2. The summed E-state index contributed by atoms with van der Waals surface area (Å²) in [4.78, 5) is 15.5. The zero-order chi connectivity index (χ0) is 13.1. The molecule has 1 heterocycles. The predicted molar refractivity (Wildman–Crippen MR) is 75.3 cm³/mol. The van der Waals surface area contributed by atoms with E-state index in [2.05, 4.69) is 26.2 Å². The first kappa shape index (κ1) is 13.0. The lowest BCUT2D eigenvalue weighted by Crippen LogP contribution is -2.07. The van der Waals surface area contributed by atoms with E-state index in [9.17, 15) is 4.79 Å². The maximum absolute atomic E-state index is 11.2. The number of nitrogens with zero attached hydrogens (tertiary/aromatic N) is 1. The van der Waals surface area contributed by atoms with Crippen LogP contribution in [-0.2, 0) is 6.54 Å². The van der Waals surface area contributed by atoms with E-state index in [-0.39, 0.29) is 5.56 Å². The van der Waals surface area contributed by atoms with Crippen LogP contribution in [0.5, 0.6) is 0 Å². The number of anilines is 1. The van der Waals surface area contributed by atoms with E-state index in [0.717, 1.165) is 10.7 Å². The van der Waals surface area contributed by atoms with Gasteiger partial charge in [-0.2, -0.15) is 0 Å². The van der Waals surface area contributed by atoms with Crippen LogP contribution in [0, 0.1) is 6.92 Å². The summed E-state index contributed by atoms with van der Waals surface area (Å²) < 4.78 is 0.564. The molecule has 2 rings (SSSR count). The van der Waals surface area contributed by atoms with E-state index < -0.39 is 5.97 Å². The maximum Gasteiger partial charge on any atom is 0.338 e. The highest BCUT2D eigenvalue weighted by Gasteiger charge is 2.13. The molecule has 0 saturated carbocycles. The first-order valence-electron chi connectivity index (χ1n) is 5.24. The Kier molecular flexibility index (Phi) is 3.98. The van der Waals surface area contributed by atoms with E-state index >= 15 is 0 Å². The molecule has 2 N–H and O–H groups in total. The number of hydrogen-bond donors (Lipinski definition) is 2. The highest BCUT2D eigenvalue weighted by atomic mass is 79.9. The lowest BCUT2D eigenvalue weighted by molar-refractivity contribution is 0.0697. The third kappa shape index (κ3) is 2.88. The van der Waals surface area contributed by atoms with Gasteiger partial charge in [0, 0.05) is 9.85 Å². The summed E-state index contributed by atoms with van der Waals surface area (Å²) in [5.41, 5.74) is 1.74. The van der Waals surface area contributed by atoms with Crippen molar-refractivity contribution in [3.05, 3.63) is 44.3 Å². The number of nitrogens with one attached hydrogen (secondary N) is 1. The molecule has 4 nitrogen and oxygen atoms in total. The van der Waals surface area contributed by atoms with Crippen molar-refractivity contribution in [2.45, 2.75) is 13.5 Å². The number of benzene rings is 1. The van der Waals surface area contributed by atoms with E-state index in [1.165, 1.54) is 0 Å². The largest absolute Gasteiger partial charge is 0.478 e. The summed E-state index contributed by atoms with van der Waals surface area (Å²) in [5.74, 6) is -0.959. The minimum Gasteiger partial charge on any atom is -0.478 e. The number of aromatic carboxylic acids is 1. The number of carbonyl (C=O) groups is 1. The van der Waals surface area contributed by atoms with Gasteiger partial charge in [0.15, 0.2) is 0 Å². The normalized spacial score (nSPS) is 10.3. The van der Waals surface area contributed by atoms with Crippen molar-refractivity contribution in [3.8, 4) is 0 Å². The molecule has 0 spiro atoms. The average Bonchev–Trinajstić information content (AvgIpc) is 2.72. The van der Waals surface area contributed by atoms with Gasteiger partial charge in [-0.25, -0.2) is 9.78 Å². The molecule has 0 fully saturated rings. The number of aromatic nitrogens is 1. The molecule has 0 unspecified atom stereocenters. The molecule has 0 amide bonds. The molecule has 94 valence electrons. The Labute approximate surface area is 117 Å². The van der Waals surface area contributed by atoms with Gasteiger partial charge < -0.3 is 10.4 Å². The van der Waals surface area contributed by atoms with Crippen LogP contribution in [0.3, 0.4) is 0 Å². The first-order valence-corrected chi connectivity index (χ1v) is 6.92. The Balaban J connectivity index is 2.19. The van der Waals surface area contributed by atoms with E-state index in [1.54, 1.807) is 29.5 Å². The summed E-state index contributed by atoms with van der Waals surface area (Å²) in [6.07, 6.45) is 0. The molecule has 18 heavy (non-hydrogen) atoms. The summed E-state index contributed by atoms with van der Waals surface area (Å²) in [6.45, 7) is 2.46. The SMILES string of the molecule is Cc1nc(CNc2cccc(Br)c2C(=O)O)cs1. The molecule has 0 atom stereocenters. The topological polar surface area (TPSA) is 62.2 Å². The zero-order valence-electron chi connectivity index (χ0n) is 9.61. The molecule has 0 aliphatic carbocycles. The highest BCUT2D eigenvalue weighted by Crippen LogP contribution is 2.25. The molecular formula is C12H11BrN2O2S. The van der Waals surface area contributed by atoms with Gasteiger partial charge in [-0.15, -0.1) is 11.3 Å². The second kappa shape index (κ2) is 5.49. The van der Waals surface area contributed by atoms with Crippen LogP contribution < -0.4 is 5.32 Å². The smallest absolute Gasteiger partial charge is 0.338 e. The van der Waals surface area contributed by atoms with Crippen LogP contribution >= 0.6 is 27.3 Å². The van der Waals surface area contributed by atoms with E-state index in [4.69, 9.17) is 5.11 Å². The molecular weight excluding hydrogens is 316 g/mol. The second-order valence-corrected chi connectivity index (χ2v) is 5.60. The van der Waals surface area contributed by atoms with Gasteiger partial charge in [0.25, 0.3) is 0 Å². The molecule has 0 bridgehead atoms. The molecule has 0 radical (unpaired) electrons. The van der Waals surface area contributed by atoms with Crippen molar-refractivity contribution >= 4 is 38.9 Å². The van der Waals surface area contributed by atoms with Crippen LogP contribution in [0.25, 0.3) is 0 Å². The van der Waals surface area contributed by atoms with Gasteiger partial charge in [0.05, 0.1) is 28.5 Å². The van der Waals surface area contributed by atoms with Crippen LogP contribution in [0.2, 0.25) is 0 Å². The van der Waals surface area contributed by atoms with Crippen LogP contribution in [0.4, 0.5) is 5.69 Å². The molecule has 2 aromatic rings. The van der Waals surface area contributed by atoms with Crippen LogP contribution in [0.15, 0.2) is 28.1 Å². The Morgan fingerprint density at radius 2 is 2.33 bits per heavy atom. The van der Waals surface area contributed by atoms with Crippen LogP contribution in [-0.4, -0.2) is 16.1 Å². The monoisotopic (exact) mass is 326 g/mol. The van der Waals surface area contributed by atoms with Crippen molar-refractivity contribution in [2.75, 3.05) is 5.32 Å². The Morgan fingerprint density at radius 1 is 1.56 bits per heavy atom. The van der Waals surface area contributed by atoms with Gasteiger partial charge in [-0.3, -0.25) is 0 Å². The second-order valence-electron chi connectivity index (χ2n) is 3.68. The number of hydrogen-bond acceptors (Lipinski definition) is 4. The highest BCUT2D eigenvalue weighted by molar-refractivity contribution is 9.10. The Bertz CT molecular complexity index is 583. The quantitative estimate of drug-likeness (QED) is 0.902. The zero-order valence-corrected chi connectivity index (χ0v) is 12.0. The fourth-order valence-corrected chi connectivity index (χ4v) is 2.71. The van der Waals surface area contributed by atoms with Gasteiger partial charge in [-0.1, -0.05) is 6.07 Å². The third-order valence-corrected chi connectivity index (χ3v) is 3.84. The predicted octanol–water partition coefficient (Wildman–Crippen LogP) is 3.52. The summed E-state index contributed by atoms with van der Waals surface area (Å²) >= 11 is 4.82. The van der Waals surface area contributed by atoms with Crippen molar-refractivity contribution in [1.29, 1.82) is 0 Å². The number of halogens is 1. The molecule has 1 aromatic carbocycles. The van der Waals surface area contributed by atoms with Crippen LogP contribution in [0.1, 0.15) is 21.1 Å². The van der Waals surface area contributed by atoms with Gasteiger partial charge in [0.2, 0.25) is 0 Å². The molecule has 0 saturated heterocycles. The Morgan fingerprint density at radius 3 is 2.94 bits per heavy atom. The number of aryl methyl sites for hydroxylation is 1. The van der Waals surface area contributed by atoms with Gasteiger partial charge in [-0.05, 0) is 35.0 Å². The fraction of sp³-hybridized carbons (Fsp3) is 0.167. The Hall–Kier alpha value is -1.40. The first-order chi connectivity index (χ1) is 8.58. The van der Waals surface area contributed by atoms with Crippen molar-refractivity contribution in [3.63, 3.8) is 0 Å². The molecule has 0 aliphatic heterocycles. The van der Waals surface area contributed by atoms with E-state index in [1.807, 2.05) is 12.3 Å². The van der Waals surface area contributed by atoms with Crippen molar-refractivity contribution in [2.24, 2.45) is 0 Å². The molecule has 1 aromatic heterocycles. The van der Waals surface area contributed by atoms with Gasteiger partial charge >= 0.3 is 5.97 Å². The standard InChI is InChI=1S/C12H11BrN2O2S/c1-7-15-8(6-18-7)5-14-10-4-2-3-9(13)11(10)12(16)17/h2-4,6,14H,5H2,1H3,(H,16,17). The summed E-state index contributed by atoms with van der Waals surface area (Å²) in [6, 6.07) is 5.25. The average molecular weight is 327 g/mol. The lowest BCUT2D eigenvalue weighted by atomic mass is 10.2. The number of thiazole rings is 1. The lowest BCUT2D eigenvalue weighted by Gasteiger charge is -2.09. The third-order valence-electron chi connectivity index (χ3n) is 2.35. The molecule has 0 aliphatic rings. The number of carboxylic acids is 1. The van der Waals surface area contributed by atoms with Crippen molar-refractivity contribution < 1.29 is 9.90 Å².